The van der Waals surface area contributed by atoms with Gasteiger partial charge >= 0.3 is 0 Å². The van der Waals surface area contributed by atoms with Crippen molar-refractivity contribution in [1.29, 1.82) is 0 Å². The van der Waals surface area contributed by atoms with E-state index in [2.05, 4.69) is 133 Å². The van der Waals surface area contributed by atoms with Crippen LogP contribution >= 0.6 is 22.2 Å². The minimum absolute atomic E-state index is 0.640. The van der Waals surface area contributed by atoms with Gasteiger partial charge in [0.2, 0.25) is 24.0 Å². The predicted octanol–water partition coefficient (Wildman–Crippen LogP) is 14.7. The molecule has 0 N–H and O–H groups in total. The van der Waals surface area contributed by atoms with Crippen molar-refractivity contribution in [2.45, 2.75) is 81.8 Å². The summed E-state index contributed by atoms with van der Waals surface area (Å²) in [7, 11) is -12.9. The van der Waals surface area contributed by atoms with Crippen molar-refractivity contribution in [3.63, 3.8) is 0 Å². The molecule has 4 rings (SSSR count). The van der Waals surface area contributed by atoms with Crippen LogP contribution in [-0.4, -0.2) is 48.0 Å². The highest BCUT2D eigenvalue weighted by Crippen LogP contribution is 2.45. The van der Waals surface area contributed by atoms with Gasteiger partial charge in [0.05, 0.1) is 0 Å². The van der Waals surface area contributed by atoms with Gasteiger partial charge < -0.3 is 8.23 Å². The maximum Gasteiger partial charge on any atom is 0.262 e. The maximum absolute atomic E-state index is 7.11. The topological polar surface area (TPSA) is 18.5 Å². The second-order valence-corrected chi connectivity index (χ2v) is 40.2. The second-order valence-electron chi connectivity index (χ2n) is 15.5. The number of hydrogen-bond acceptors (Lipinski definition) is 2. The molecule has 0 unspecified atom stereocenters. The third kappa shape index (κ3) is 15.9. The van der Waals surface area contributed by atoms with Crippen LogP contribution in [0.4, 0.5) is 0 Å². The highest BCUT2D eigenvalue weighted by Gasteiger charge is 2.48. The van der Waals surface area contributed by atoms with E-state index in [4.69, 9.17) is 30.4 Å². The SMILES string of the molecule is C=C[Si](C)(Cl)C=C.C=C[Si](C=C)(O[Si](C=C)(C=C)C1CCCCC1)C1CCCCC1.C=C[Si](C=C)(O[Si](C=C)(C=C)c1ccccc1)c1ccccc1.C=C[Si](Cl)(C=C)C=C. The Bertz CT molecular complexity index is 1610. The lowest BCUT2D eigenvalue weighted by molar-refractivity contribution is 0.419. The first kappa shape index (κ1) is 55.9. The van der Waals surface area contributed by atoms with Gasteiger partial charge in [-0.1, -0.05) is 199 Å². The van der Waals surface area contributed by atoms with Gasteiger partial charge in [0.1, 0.15) is 0 Å². The minimum atomic E-state index is -2.53. The summed E-state index contributed by atoms with van der Waals surface area (Å²) in [6.45, 7) is 52.7. The zero-order valence-electron chi connectivity index (χ0n) is 37.3. The first-order valence-corrected chi connectivity index (χ1v) is 36.6. The van der Waals surface area contributed by atoms with Crippen LogP contribution in [0.1, 0.15) is 64.2 Å². The summed E-state index contributed by atoms with van der Waals surface area (Å²) in [6, 6.07) is 20.4. The molecule has 10 heteroatoms. The van der Waals surface area contributed by atoms with E-state index in [1.807, 2.05) is 65.7 Å². The fourth-order valence-electron chi connectivity index (χ4n) is 7.51. The molecule has 0 heterocycles. The van der Waals surface area contributed by atoms with Crippen molar-refractivity contribution in [2.24, 2.45) is 0 Å². The van der Waals surface area contributed by atoms with Crippen molar-refractivity contribution in [1.82, 2.24) is 0 Å². The van der Waals surface area contributed by atoms with Crippen LogP contribution in [0.3, 0.4) is 0 Å². The second kappa shape index (κ2) is 27.8. The summed E-state index contributed by atoms with van der Waals surface area (Å²) in [6.07, 6.45) is 13.1. The molecule has 328 valence electrons. The lowest BCUT2D eigenvalue weighted by Gasteiger charge is -2.45. The molecular weight excluding hydrogens is 884 g/mol. The highest BCUT2D eigenvalue weighted by molar-refractivity contribution is 7.28. The third-order valence-electron chi connectivity index (χ3n) is 11.9. The van der Waals surface area contributed by atoms with Gasteiger partial charge in [-0.3, -0.25) is 0 Å². The van der Waals surface area contributed by atoms with Crippen molar-refractivity contribution in [2.75, 3.05) is 0 Å². The molecule has 2 fully saturated rings. The van der Waals surface area contributed by atoms with Gasteiger partial charge in [0.15, 0.2) is 7.38 Å². The zero-order chi connectivity index (χ0) is 46.1. The fraction of sp³-hybridized carbons (Fsp3) is 0.255. The molecule has 2 aliphatic rings. The van der Waals surface area contributed by atoms with E-state index in [0.717, 1.165) is 10.4 Å². The van der Waals surface area contributed by atoms with Crippen LogP contribution in [0.25, 0.3) is 0 Å². The van der Waals surface area contributed by atoms with Crippen molar-refractivity contribution < 1.29 is 8.23 Å². The van der Waals surface area contributed by atoms with E-state index < -0.39 is 48.0 Å². The molecular formula is C51H74Cl2O2Si6. The molecule has 2 nitrogen and oxygen atoms in total. The van der Waals surface area contributed by atoms with E-state index in [0.29, 0.717) is 11.1 Å². The molecule has 0 saturated heterocycles. The van der Waals surface area contributed by atoms with Crippen LogP contribution < -0.4 is 10.4 Å². The predicted molar refractivity (Wildman–Crippen MR) is 293 cm³/mol. The van der Waals surface area contributed by atoms with Crippen molar-refractivity contribution >= 4 is 80.6 Å². The maximum atomic E-state index is 7.11. The lowest BCUT2D eigenvalue weighted by atomic mass is 10.0. The Balaban J connectivity index is 0.000000459. The molecule has 0 bridgehead atoms. The van der Waals surface area contributed by atoms with Gasteiger partial charge in [-0.2, -0.15) is 22.2 Å². The first-order chi connectivity index (χ1) is 29.1. The summed E-state index contributed by atoms with van der Waals surface area (Å²) in [5, 5.41) is 2.25. The van der Waals surface area contributed by atoms with E-state index in [-0.39, 0.29) is 0 Å². The quantitative estimate of drug-likeness (QED) is 0.0917. The number of hydrogen-bond donors (Lipinski definition) is 0. The zero-order valence-corrected chi connectivity index (χ0v) is 44.8. The summed E-state index contributed by atoms with van der Waals surface area (Å²) in [4.78, 5) is 0. The Kier molecular flexibility index (Phi) is 25.5. The molecule has 2 aromatic carbocycles. The summed E-state index contributed by atoms with van der Waals surface area (Å²) in [5.41, 5.74) is 26.3. The normalized spacial score (nSPS) is 15.0. The third-order valence-corrected chi connectivity index (χ3v) is 34.3. The van der Waals surface area contributed by atoms with Gasteiger partial charge in [-0.25, -0.2) is 0 Å². The molecule has 0 spiro atoms. The molecule has 2 saturated carbocycles. The van der Waals surface area contributed by atoms with E-state index >= 15 is 0 Å². The standard InChI is InChI=1S/C20H34OSi2.C20H22OSi2.C6H9ClSi.C5H9ClSi/c2*1-5-22(6-2,19-15-11-9-12-16-19)21-23(7-3,8-4)20-17-13-10-14-18-20;1-4-8(7,5-2)6-3;1-4-7(3,6)5-2/h5-8,19-20H,1-4,9-18H2;5-18H,1-4H2;4-6H,1-3H2;4-5H,1-2H2,3H3. The molecule has 2 aliphatic carbocycles. The minimum Gasteiger partial charge on any atom is -0.443 e. The molecule has 0 atom stereocenters. The van der Waals surface area contributed by atoms with E-state index in [1.54, 1.807) is 28.5 Å². The van der Waals surface area contributed by atoms with Crippen molar-refractivity contribution in [3.05, 3.63) is 220 Å². The fourth-order valence-corrected chi connectivity index (χ4v) is 24.8. The van der Waals surface area contributed by atoms with Crippen LogP contribution in [-0.2, 0) is 8.23 Å². The average molecular weight is 959 g/mol. The van der Waals surface area contributed by atoms with Gasteiger partial charge in [0.25, 0.3) is 16.6 Å². The summed E-state index contributed by atoms with van der Waals surface area (Å²) >= 11 is 11.7. The van der Waals surface area contributed by atoms with Crippen molar-refractivity contribution in [3.8, 4) is 0 Å². The van der Waals surface area contributed by atoms with E-state index in [9.17, 15) is 0 Å². The molecule has 0 aliphatic heterocycles. The summed E-state index contributed by atoms with van der Waals surface area (Å²) in [5.74, 6) is 0. The Morgan fingerprint density at radius 1 is 0.410 bits per heavy atom. The summed E-state index contributed by atoms with van der Waals surface area (Å²) < 4.78 is 13.9. The number of halogens is 2. The van der Waals surface area contributed by atoms with Crippen LogP contribution in [0, 0.1) is 0 Å². The monoisotopic (exact) mass is 956 g/mol. The molecule has 0 aromatic heterocycles. The Morgan fingerprint density at radius 3 is 0.902 bits per heavy atom. The van der Waals surface area contributed by atoms with Gasteiger partial charge in [-0.05, 0) is 28.0 Å². The van der Waals surface area contributed by atoms with Gasteiger partial charge in [-0.15, -0.1) is 85.5 Å². The Morgan fingerprint density at radius 2 is 0.705 bits per heavy atom. The molecule has 0 radical (unpaired) electrons. The lowest BCUT2D eigenvalue weighted by Crippen LogP contribution is -2.60. The highest BCUT2D eigenvalue weighted by atomic mass is 35.6. The number of benzene rings is 2. The molecule has 2 aromatic rings. The van der Waals surface area contributed by atoms with Crippen LogP contribution in [0.2, 0.25) is 17.6 Å². The Hall–Kier alpha value is -3.14. The smallest absolute Gasteiger partial charge is 0.262 e. The Labute approximate surface area is 388 Å². The largest absolute Gasteiger partial charge is 0.443 e. The molecule has 61 heavy (non-hydrogen) atoms. The van der Waals surface area contributed by atoms with Crippen LogP contribution in [0.5, 0.6) is 0 Å². The van der Waals surface area contributed by atoms with Gasteiger partial charge in [0, 0.05) is 0 Å². The van der Waals surface area contributed by atoms with Crippen LogP contribution in [0.15, 0.2) is 220 Å². The first-order valence-electron chi connectivity index (χ1n) is 21.3. The average Bonchev–Trinajstić information content (AvgIpc) is 3.34. The van der Waals surface area contributed by atoms with E-state index in [1.165, 1.54) is 64.2 Å². The molecule has 0 amide bonds. The number of rotatable bonds is 21.